The summed E-state index contributed by atoms with van der Waals surface area (Å²) in [5.74, 6) is 1.01. The van der Waals surface area contributed by atoms with Gasteiger partial charge in [0.1, 0.15) is 5.69 Å². The van der Waals surface area contributed by atoms with E-state index in [-0.39, 0.29) is 23.2 Å². The number of terminal acetylenes is 1. The summed E-state index contributed by atoms with van der Waals surface area (Å²) in [5.41, 5.74) is 0.185. The van der Waals surface area contributed by atoms with Gasteiger partial charge in [-0.25, -0.2) is 9.78 Å². The predicted molar refractivity (Wildman–Crippen MR) is 66.2 cm³/mol. The number of nitrogens with one attached hydrogen (secondary N) is 1. The van der Waals surface area contributed by atoms with Gasteiger partial charge < -0.3 is 10.4 Å². The molecule has 0 bridgehead atoms. The van der Waals surface area contributed by atoms with Crippen molar-refractivity contribution in [2.24, 2.45) is 0 Å². The van der Waals surface area contributed by atoms with Crippen molar-refractivity contribution in [1.82, 2.24) is 10.3 Å². The Morgan fingerprint density at radius 1 is 1.56 bits per heavy atom. The van der Waals surface area contributed by atoms with E-state index < -0.39 is 5.97 Å². The van der Waals surface area contributed by atoms with Crippen molar-refractivity contribution >= 4 is 11.9 Å². The molecule has 0 fully saturated rings. The molecule has 0 aliphatic carbocycles. The van der Waals surface area contributed by atoms with Gasteiger partial charge in [0.2, 0.25) is 0 Å². The standard InChI is InChI=1S/C13H14N2O3/c1-3-5-10(4-2)15-12(16)9-6-7-11(13(17)18)14-8-9/h2,6-8,10H,3,5H2,1H3,(H,15,16)(H,17,18). The molecule has 2 N–H and O–H groups in total. The molecule has 0 aliphatic rings. The largest absolute Gasteiger partial charge is 0.477 e. The normalized spacial score (nSPS) is 11.3. The molecule has 1 amide bonds. The molecule has 18 heavy (non-hydrogen) atoms. The maximum absolute atomic E-state index is 11.8. The van der Waals surface area contributed by atoms with Crippen molar-refractivity contribution in [3.05, 3.63) is 29.6 Å². The highest BCUT2D eigenvalue weighted by atomic mass is 16.4. The van der Waals surface area contributed by atoms with Gasteiger partial charge in [-0.15, -0.1) is 6.42 Å². The number of aromatic carboxylic acids is 1. The van der Waals surface area contributed by atoms with Crippen LogP contribution in [-0.4, -0.2) is 28.0 Å². The van der Waals surface area contributed by atoms with Crippen LogP contribution in [-0.2, 0) is 0 Å². The molecule has 5 heteroatoms. The van der Waals surface area contributed by atoms with E-state index in [1.165, 1.54) is 18.3 Å². The molecule has 0 aliphatic heterocycles. The number of pyridine rings is 1. The maximum Gasteiger partial charge on any atom is 0.354 e. The Kier molecular flexibility index (Phi) is 4.88. The van der Waals surface area contributed by atoms with Crippen molar-refractivity contribution in [2.45, 2.75) is 25.8 Å². The first-order chi connectivity index (χ1) is 8.58. The number of carbonyl (C=O) groups excluding carboxylic acids is 1. The number of rotatable bonds is 5. The number of hydrogen-bond donors (Lipinski definition) is 2. The van der Waals surface area contributed by atoms with Crippen LogP contribution in [0.2, 0.25) is 0 Å². The molecule has 5 nitrogen and oxygen atoms in total. The molecule has 1 aromatic rings. The Morgan fingerprint density at radius 3 is 2.72 bits per heavy atom. The lowest BCUT2D eigenvalue weighted by molar-refractivity contribution is 0.0689. The number of amides is 1. The van der Waals surface area contributed by atoms with E-state index in [1.807, 2.05) is 6.92 Å². The Bertz CT molecular complexity index is 474. The van der Waals surface area contributed by atoms with Gasteiger partial charge in [0.25, 0.3) is 5.91 Å². The third-order valence-electron chi connectivity index (χ3n) is 2.33. The molecule has 1 unspecified atom stereocenters. The quantitative estimate of drug-likeness (QED) is 0.768. The summed E-state index contributed by atoms with van der Waals surface area (Å²) in [4.78, 5) is 26.0. The highest BCUT2D eigenvalue weighted by Crippen LogP contribution is 2.02. The molecule has 1 atom stereocenters. The van der Waals surface area contributed by atoms with Gasteiger partial charge in [-0.1, -0.05) is 19.3 Å². The fourth-order valence-electron chi connectivity index (χ4n) is 1.38. The molecule has 0 saturated heterocycles. The number of aromatic nitrogens is 1. The molecule has 1 aromatic heterocycles. The fraction of sp³-hybridized carbons (Fsp3) is 0.308. The minimum absolute atomic E-state index is 0.103. The van der Waals surface area contributed by atoms with Crippen LogP contribution in [0.15, 0.2) is 18.3 Å². The monoisotopic (exact) mass is 246 g/mol. The first-order valence-corrected chi connectivity index (χ1v) is 5.54. The molecule has 1 heterocycles. The molecule has 0 saturated carbocycles. The fourth-order valence-corrected chi connectivity index (χ4v) is 1.38. The van der Waals surface area contributed by atoms with Crippen LogP contribution in [0, 0.1) is 12.3 Å². The van der Waals surface area contributed by atoms with Crippen molar-refractivity contribution in [3.63, 3.8) is 0 Å². The van der Waals surface area contributed by atoms with E-state index in [1.54, 1.807) is 0 Å². The minimum Gasteiger partial charge on any atom is -0.477 e. The maximum atomic E-state index is 11.8. The average Bonchev–Trinajstić information content (AvgIpc) is 2.38. The third-order valence-corrected chi connectivity index (χ3v) is 2.33. The molecular weight excluding hydrogens is 232 g/mol. The Balaban J connectivity index is 2.73. The van der Waals surface area contributed by atoms with Crippen LogP contribution in [0.3, 0.4) is 0 Å². The van der Waals surface area contributed by atoms with Gasteiger partial charge in [0, 0.05) is 6.20 Å². The van der Waals surface area contributed by atoms with Crippen molar-refractivity contribution in [3.8, 4) is 12.3 Å². The number of carboxylic acid groups (broad SMARTS) is 1. The summed E-state index contributed by atoms with van der Waals surface area (Å²) >= 11 is 0. The first kappa shape index (κ1) is 13.7. The second kappa shape index (κ2) is 6.40. The smallest absolute Gasteiger partial charge is 0.354 e. The van der Waals surface area contributed by atoms with E-state index in [9.17, 15) is 9.59 Å². The van der Waals surface area contributed by atoms with E-state index in [2.05, 4.69) is 16.2 Å². The molecule has 1 rings (SSSR count). The zero-order chi connectivity index (χ0) is 13.5. The number of carbonyl (C=O) groups is 2. The van der Waals surface area contributed by atoms with Crippen molar-refractivity contribution in [2.75, 3.05) is 0 Å². The highest BCUT2D eigenvalue weighted by Gasteiger charge is 2.12. The third kappa shape index (κ3) is 3.59. The van der Waals surface area contributed by atoms with Gasteiger partial charge in [-0.05, 0) is 18.6 Å². The van der Waals surface area contributed by atoms with E-state index in [0.717, 1.165) is 6.42 Å². The summed E-state index contributed by atoms with van der Waals surface area (Å²) in [5, 5.41) is 11.3. The number of carboxylic acids is 1. The van der Waals surface area contributed by atoms with Crippen LogP contribution < -0.4 is 5.32 Å². The van der Waals surface area contributed by atoms with Gasteiger partial charge in [0.15, 0.2) is 0 Å². The molecular formula is C13H14N2O3. The summed E-state index contributed by atoms with van der Waals surface area (Å²) in [6, 6.07) is 2.37. The van der Waals surface area contributed by atoms with Gasteiger partial charge in [0.05, 0.1) is 11.6 Å². The van der Waals surface area contributed by atoms with Crippen LogP contribution in [0.25, 0.3) is 0 Å². The van der Waals surface area contributed by atoms with Crippen LogP contribution in [0.1, 0.15) is 40.6 Å². The van der Waals surface area contributed by atoms with E-state index in [4.69, 9.17) is 11.5 Å². The lowest BCUT2D eigenvalue weighted by atomic mass is 10.1. The summed E-state index contributed by atoms with van der Waals surface area (Å²) in [6.45, 7) is 1.97. The Hall–Kier alpha value is -2.35. The van der Waals surface area contributed by atoms with E-state index in [0.29, 0.717) is 6.42 Å². The van der Waals surface area contributed by atoms with Gasteiger partial charge in [-0.3, -0.25) is 4.79 Å². The minimum atomic E-state index is -1.13. The number of hydrogen-bond acceptors (Lipinski definition) is 3. The topological polar surface area (TPSA) is 79.3 Å². The zero-order valence-electron chi connectivity index (χ0n) is 10.0. The lowest BCUT2D eigenvalue weighted by Crippen LogP contribution is -2.33. The molecule has 0 radical (unpaired) electrons. The molecule has 0 spiro atoms. The Labute approximate surface area is 105 Å². The molecule has 94 valence electrons. The summed E-state index contributed by atoms with van der Waals surface area (Å²) in [7, 11) is 0. The average molecular weight is 246 g/mol. The lowest BCUT2D eigenvalue weighted by Gasteiger charge is -2.11. The first-order valence-electron chi connectivity index (χ1n) is 5.54. The summed E-state index contributed by atoms with van der Waals surface area (Å²) in [6.07, 6.45) is 8.08. The van der Waals surface area contributed by atoms with Crippen LogP contribution in [0.5, 0.6) is 0 Å². The van der Waals surface area contributed by atoms with Crippen LogP contribution >= 0.6 is 0 Å². The Morgan fingerprint density at radius 2 is 2.28 bits per heavy atom. The molecule has 0 aromatic carbocycles. The predicted octanol–water partition coefficient (Wildman–Crippen LogP) is 1.31. The van der Waals surface area contributed by atoms with Gasteiger partial charge in [-0.2, -0.15) is 0 Å². The second-order valence-corrected chi connectivity index (χ2v) is 3.72. The summed E-state index contributed by atoms with van der Waals surface area (Å²) < 4.78 is 0. The van der Waals surface area contributed by atoms with Crippen molar-refractivity contribution < 1.29 is 14.7 Å². The van der Waals surface area contributed by atoms with Crippen molar-refractivity contribution in [1.29, 1.82) is 0 Å². The zero-order valence-corrected chi connectivity index (χ0v) is 10.0. The SMILES string of the molecule is C#CC(CCC)NC(=O)c1ccc(C(=O)O)nc1. The number of nitrogens with zero attached hydrogens (tertiary/aromatic N) is 1. The van der Waals surface area contributed by atoms with Crippen LogP contribution in [0.4, 0.5) is 0 Å². The highest BCUT2D eigenvalue weighted by molar-refractivity contribution is 5.95. The van der Waals surface area contributed by atoms with Gasteiger partial charge >= 0.3 is 5.97 Å². The second-order valence-electron chi connectivity index (χ2n) is 3.72. The van der Waals surface area contributed by atoms with E-state index >= 15 is 0 Å².